The Morgan fingerprint density at radius 1 is 1.22 bits per heavy atom. The summed E-state index contributed by atoms with van der Waals surface area (Å²) in [7, 11) is 0. The van der Waals surface area contributed by atoms with Gasteiger partial charge in [0, 0.05) is 6.20 Å². The smallest absolute Gasteiger partial charge is 0.257 e. The first-order valence-electron chi connectivity index (χ1n) is 4.80. The van der Waals surface area contributed by atoms with Crippen molar-refractivity contribution < 1.29 is 9.18 Å². The zero-order valence-electron chi connectivity index (χ0n) is 8.82. The summed E-state index contributed by atoms with van der Waals surface area (Å²) in [6.07, 6.45) is 2.50. The van der Waals surface area contributed by atoms with E-state index in [0.717, 1.165) is 6.07 Å². The Kier molecular flexibility index (Phi) is 3.74. The molecule has 7 heteroatoms. The highest BCUT2D eigenvalue weighted by molar-refractivity contribution is 6.41. The van der Waals surface area contributed by atoms with Crippen LogP contribution in [0.15, 0.2) is 30.6 Å². The third-order valence-electron chi connectivity index (χ3n) is 2.04. The van der Waals surface area contributed by atoms with E-state index in [2.05, 4.69) is 15.3 Å². The number of carbonyl (C=O) groups is 1. The Bertz CT molecular complexity index is 589. The summed E-state index contributed by atoms with van der Waals surface area (Å²) in [6.45, 7) is 0. The van der Waals surface area contributed by atoms with Gasteiger partial charge in [-0.2, -0.15) is 4.39 Å². The molecule has 2 aromatic heterocycles. The standard InChI is InChI=1S/C11H6Cl2FN3O/c12-8-3-6(4-16-10(8)13)11(18)17-7-1-2-9(14)15-5-7/h1-5H,(H,17,18). The second-order valence-corrected chi connectivity index (χ2v) is 4.09. The summed E-state index contributed by atoms with van der Waals surface area (Å²) in [4.78, 5) is 19.0. The molecule has 0 saturated heterocycles. The van der Waals surface area contributed by atoms with E-state index in [9.17, 15) is 9.18 Å². The van der Waals surface area contributed by atoms with Crippen LogP contribution in [0.2, 0.25) is 10.2 Å². The molecule has 0 unspecified atom stereocenters. The Balaban J connectivity index is 2.16. The summed E-state index contributed by atoms with van der Waals surface area (Å²) >= 11 is 11.4. The lowest BCUT2D eigenvalue weighted by Gasteiger charge is -2.05. The number of halogens is 3. The Labute approximate surface area is 112 Å². The third-order valence-corrected chi connectivity index (χ3v) is 2.73. The third kappa shape index (κ3) is 2.94. The van der Waals surface area contributed by atoms with E-state index in [0.29, 0.717) is 5.69 Å². The Morgan fingerprint density at radius 2 is 2.00 bits per heavy atom. The van der Waals surface area contributed by atoms with Gasteiger partial charge in [-0.25, -0.2) is 9.97 Å². The van der Waals surface area contributed by atoms with Crippen molar-refractivity contribution in [2.24, 2.45) is 0 Å². The quantitative estimate of drug-likeness (QED) is 0.863. The number of hydrogen-bond acceptors (Lipinski definition) is 3. The molecular formula is C11H6Cl2FN3O. The number of amides is 1. The molecule has 0 spiro atoms. The molecule has 2 heterocycles. The lowest BCUT2D eigenvalue weighted by molar-refractivity contribution is 0.102. The second kappa shape index (κ2) is 5.29. The van der Waals surface area contributed by atoms with Gasteiger partial charge in [-0.15, -0.1) is 0 Å². The van der Waals surface area contributed by atoms with Gasteiger partial charge in [0.25, 0.3) is 5.91 Å². The predicted molar refractivity (Wildman–Crippen MR) is 66.4 cm³/mol. The minimum absolute atomic E-state index is 0.122. The molecule has 0 bridgehead atoms. The number of nitrogens with one attached hydrogen (secondary N) is 1. The number of anilines is 1. The van der Waals surface area contributed by atoms with Crippen LogP contribution in [-0.4, -0.2) is 15.9 Å². The highest BCUT2D eigenvalue weighted by Gasteiger charge is 2.09. The minimum atomic E-state index is -0.621. The van der Waals surface area contributed by atoms with E-state index < -0.39 is 11.9 Å². The molecule has 2 aromatic rings. The molecule has 1 amide bonds. The van der Waals surface area contributed by atoms with Crippen molar-refractivity contribution >= 4 is 34.8 Å². The van der Waals surface area contributed by atoms with E-state index in [4.69, 9.17) is 23.2 Å². The average molecular weight is 286 g/mol. The molecule has 0 fully saturated rings. The molecule has 0 saturated carbocycles. The van der Waals surface area contributed by atoms with Crippen molar-refractivity contribution in [2.75, 3.05) is 5.32 Å². The second-order valence-electron chi connectivity index (χ2n) is 3.32. The monoisotopic (exact) mass is 285 g/mol. The van der Waals surface area contributed by atoms with Gasteiger partial charge in [-0.3, -0.25) is 4.79 Å². The summed E-state index contributed by atoms with van der Waals surface area (Å²) in [6, 6.07) is 3.93. The van der Waals surface area contributed by atoms with E-state index >= 15 is 0 Å². The largest absolute Gasteiger partial charge is 0.321 e. The first-order chi connectivity index (χ1) is 8.56. The number of aromatic nitrogens is 2. The van der Waals surface area contributed by atoms with Crippen LogP contribution in [-0.2, 0) is 0 Å². The summed E-state index contributed by atoms with van der Waals surface area (Å²) in [5, 5.41) is 2.83. The maximum atomic E-state index is 12.6. The van der Waals surface area contributed by atoms with Crippen molar-refractivity contribution in [1.29, 1.82) is 0 Å². The molecular weight excluding hydrogens is 280 g/mol. The summed E-state index contributed by atoms with van der Waals surface area (Å²) in [5.41, 5.74) is 0.612. The molecule has 0 aromatic carbocycles. The van der Waals surface area contributed by atoms with E-state index in [1.54, 1.807) is 0 Å². The van der Waals surface area contributed by atoms with E-state index in [1.807, 2.05) is 0 Å². The first kappa shape index (κ1) is 12.7. The predicted octanol–water partition coefficient (Wildman–Crippen LogP) is 3.17. The topological polar surface area (TPSA) is 54.9 Å². The van der Waals surface area contributed by atoms with Gasteiger partial charge in [0.05, 0.1) is 22.5 Å². The van der Waals surface area contributed by atoms with Gasteiger partial charge in [0.1, 0.15) is 5.15 Å². The minimum Gasteiger partial charge on any atom is -0.321 e. The van der Waals surface area contributed by atoms with Crippen LogP contribution in [0.5, 0.6) is 0 Å². The van der Waals surface area contributed by atoms with Gasteiger partial charge < -0.3 is 5.32 Å². The lowest BCUT2D eigenvalue weighted by Crippen LogP contribution is -2.12. The van der Waals surface area contributed by atoms with Gasteiger partial charge in [-0.05, 0) is 18.2 Å². The molecule has 0 atom stereocenters. The Morgan fingerprint density at radius 3 is 2.61 bits per heavy atom. The molecule has 0 aliphatic carbocycles. The number of nitrogens with zero attached hydrogens (tertiary/aromatic N) is 2. The van der Waals surface area contributed by atoms with Crippen molar-refractivity contribution in [3.8, 4) is 0 Å². The molecule has 1 N–H and O–H groups in total. The molecule has 18 heavy (non-hydrogen) atoms. The van der Waals surface area contributed by atoms with Crippen LogP contribution in [0.1, 0.15) is 10.4 Å². The highest BCUT2D eigenvalue weighted by Crippen LogP contribution is 2.20. The van der Waals surface area contributed by atoms with Gasteiger partial charge in [-0.1, -0.05) is 23.2 Å². The number of hydrogen-bond donors (Lipinski definition) is 1. The van der Waals surface area contributed by atoms with Crippen LogP contribution >= 0.6 is 23.2 Å². The summed E-state index contributed by atoms with van der Waals surface area (Å²) < 4.78 is 12.6. The van der Waals surface area contributed by atoms with Crippen molar-refractivity contribution in [3.05, 3.63) is 52.3 Å². The zero-order chi connectivity index (χ0) is 13.1. The van der Waals surface area contributed by atoms with Crippen LogP contribution < -0.4 is 5.32 Å². The van der Waals surface area contributed by atoms with Gasteiger partial charge in [0.15, 0.2) is 0 Å². The highest BCUT2D eigenvalue weighted by atomic mass is 35.5. The lowest BCUT2D eigenvalue weighted by atomic mass is 10.2. The fraction of sp³-hybridized carbons (Fsp3) is 0. The summed E-state index contributed by atoms with van der Waals surface area (Å²) in [5.74, 6) is -1.06. The van der Waals surface area contributed by atoms with E-state index in [1.165, 1.54) is 24.5 Å². The van der Waals surface area contributed by atoms with Crippen molar-refractivity contribution in [2.45, 2.75) is 0 Å². The average Bonchev–Trinajstić information content (AvgIpc) is 2.35. The molecule has 0 aliphatic heterocycles. The van der Waals surface area contributed by atoms with Crippen molar-refractivity contribution in [3.63, 3.8) is 0 Å². The molecule has 4 nitrogen and oxygen atoms in total. The van der Waals surface area contributed by atoms with Crippen LogP contribution in [0.25, 0.3) is 0 Å². The van der Waals surface area contributed by atoms with Crippen LogP contribution in [0.3, 0.4) is 0 Å². The fourth-order valence-electron chi connectivity index (χ4n) is 1.20. The number of carbonyl (C=O) groups excluding carboxylic acids is 1. The normalized spacial score (nSPS) is 10.2. The maximum absolute atomic E-state index is 12.6. The molecule has 0 aliphatic rings. The number of rotatable bonds is 2. The zero-order valence-corrected chi connectivity index (χ0v) is 10.3. The fourth-order valence-corrected chi connectivity index (χ4v) is 1.47. The Hall–Kier alpha value is -1.72. The first-order valence-corrected chi connectivity index (χ1v) is 5.56. The number of pyridine rings is 2. The SMILES string of the molecule is O=C(Nc1ccc(F)nc1)c1cnc(Cl)c(Cl)c1. The van der Waals surface area contributed by atoms with Gasteiger partial charge >= 0.3 is 0 Å². The van der Waals surface area contributed by atoms with Crippen molar-refractivity contribution in [1.82, 2.24) is 9.97 Å². The van der Waals surface area contributed by atoms with E-state index in [-0.39, 0.29) is 15.7 Å². The van der Waals surface area contributed by atoms with Gasteiger partial charge in [0.2, 0.25) is 5.95 Å². The molecule has 2 rings (SSSR count). The molecule has 92 valence electrons. The van der Waals surface area contributed by atoms with Crippen LogP contribution in [0, 0.1) is 5.95 Å². The van der Waals surface area contributed by atoms with Crippen LogP contribution in [0.4, 0.5) is 10.1 Å². The molecule has 0 radical (unpaired) electrons. The maximum Gasteiger partial charge on any atom is 0.257 e.